The second-order valence-electron chi connectivity index (χ2n) is 4.46. The number of nitrogens with zero attached hydrogens (tertiary/aromatic N) is 1. The summed E-state index contributed by atoms with van der Waals surface area (Å²) in [7, 11) is 0. The second-order valence-corrected chi connectivity index (χ2v) is 4.46. The minimum atomic E-state index is -0.140. The standard InChI is InChI=1S/C15H13N3O/c1-10-5-7-12(8-6-10)17-15(19)13-4-2-3-11-9-16-18-14(11)13/h2-9H,1H3,(H,16,18)(H,17,19). The number of rotatable bonds is 2. The molecule has 0 saturated heterocycles. The first kappa shape index (κ1) is 11.5. The predicted molar refractivity (Wildman–Crippen MR) is 75.2 cm³/mol. The highest BCUT2D eigenvalue weighted by Gasteiger charge is 2.11. The highest BCUT2D eigenvalue weighted by atomic mass is 16.1. The van der Waals surface area contributed by atoms with Gasteiger partial charge in [0.2, 0.25) is 0 Å². The van der Waals surface area contributed by atoms with E-state index in [1.54, 1.807) is 12.3 Å². The van der Waals surface area contributed by atoms with E-state index in [1.165, 1.54) is 0 Å². The minimum Gasteiger partial charge on any atom is -0.322 e. The molecule has 0 bridgehead atoms. The van der Waals surface area contributed by atoms with Gasteiger partial charge in [0, 0.05) is 11.1 Å². The van der Waals surface area contributed by atoms with Crippen LogP contribution in [0.4, 0.5) is 5.69 Å². The smallest absolute Gasteiger partial charge is 0.257 e. The van der Waals surface area contributed by atoms with Crippen LogP contribution in [0.3, 0.4) is 0 Å². The van der Waals surface area contributed by atoms with Crippen molar-refractivity contribution >= 4 is 22.5 Å². The molecule has 94 valence electrons. The number of hydrogen-bond acceptors (Lipinski definition) is 2. The average Bonchev–Trinajstić information content (AvgIpc) is 2.89. The number of benzene rings is 2. The molecule has 0 aliphatic heterocycles. The fourth-order valence-electron chi connectivity index (χ4n) is 1.99. The zero-order valence-electron chi connectivity index (χ0n) is 10.5. The lowest BCUT2D eigenvalue weighted by Gasteiger charge is -2.06. The molecular formula is C15H13N3O. The van der Waals surface area contributed by atoms with Crippen molar-refractivity contribution in [3.8, 4) is 0 Å². The Hall–Kier alpha value is -2.62. The monoisotopic (exact) mass is 251 g/mol. The SMILES string of the molecule is Cc1ccc(NC(=O)c2cccc3cn[nH]c23)cc1. The van der Waals surface area contributed by atoms with Crippen LogP contribution >= 0.6 is 0 Å². The topological polar surface area (TPSA) is 57.8 Å². The summed E-state index contributed by atoms with van der Waals surface area (Å²) in [4.78, 5) is 12.3. The van der Waals surface area contributed by atoms with E-state index in [2.05, 4.69) is 15.5 Å². The Bertz CT molecular complexity index is 728. The normalized spacial score (nSPS) is 10.6. The van der Waals surface area contributed by atoms with Crippen LogP contribution in [-0.2, 0) is 0 Å². The molecule has 0 radical (unpaired) electrons. The summed E-state index contributed by atoms with van der Waals surface area (Å²) >= 11 is 0. The maximum atomic E-state index is 12.3. The minimum absolute atomic E-state index is 0.140. The number of aryl methyl sites for hydroxylation is 1. The molecule has 19 heavy (non-hydrogen) atoms. The van der Waals surface area contributed by atoms with Gasteiger partial charge in [-0.15, -0.1) is 0 Å². The Labute approximate surface area is 110 Å². The lowest BCUT2D eigenvalue weighted by molar-refractivity contribution is 0.102. The number of para-hydroxylation sites is 1. The Morgan fingerprint density at radius 2 is 1.95 bits per heavy atom. The van der Waals surface area contributed by atoms with Gasteiger partial charge in [-0.2, -0.15) is 5.10 Å². The number of aromatic amines is 1. The third-order valence-corrected chi connectivity index (χ3v) is 3.03. The Kier molecular flexibility index (Phi) is 2.76. The quantitative estimate of drug-likeness (QED) is 0.735. The van der Waals surface area contributed by atoms with E-state index in [0.29, 0.717) is 5.56 Å². The van der Waals surface area contributed by atoms with Gasteiger partial charge < -0.3 is 5.32 Å². The van der Waals surface area contributed by atoms with Crippen molar-refractivity contribution in [1.82, 2.24) is 10.2 Å². The van der Waals surface area contributed by atoms with Crippen LogP contribution < -0.4 is 5.32 Å². The molecule has 1 heterocycles. The van der Waals surface area contributed by atoms with Gasteiger partial charge in [-0.05, 0) is 25.1 Å². The zero-order valence-corrected chi connectivity index (χ0v) is 10.5. The van der Waals surface area contributed by atoms with E-state index in [-0.39, 0.29) is 5.91 Å². The zero-order chi connectivity index (χ0) is 13.2. The molecule has 2 N–H and O–H groups in total. The first-order chi connectivity index (χ1) is 9.24. The van der Waals surface area contributed by atoms with Crippen LogP contribution in [0.25, 0.3) is 10.9 Å². The van der Waals surface area contributed by atoms with Crippen molar-refractivity contribution in [3.05, 3.63) is 59.8 Å². The maximum Gasteiger partial charge on any atom is 0.257 e. The molecule has 0 aliphatic carbocycles. The van der Waals surface area contributed by atoms with Crippen molar-refractivity contribution in [1.29, 1.82) is 0 Å². The molecule has 3 rings (SSSR count). The number of fused-ring (bicyclic) bond motifs is 1. The second kappa shape index (κ2) is 4.57. The molecule has 0 saturated carbocycles. The molecular weight excluding hydrogens is 238 g/mol. The van der Waals surface area contributed by atoms with Gasteiger partial charge in [0.05, 0.1) is 17.3 Å². The van der Waals surface area contributed by atoms with Gasteiger partial charge in [0.15, 0.2) is 0 Å². The lowest BCUT2D eigenvalue weighted by atomic mass is 10.1. The molecule has 1 aromatic heterocycles. The van der Waals surface area contributed by atoms with Crippen LogP contribution in [0.5, 0.6) is 0 Å². The fraction of sp³-hybridized carbons (Fsp3) is 0.0667. The van der Waals surface area contributed by atoms with Crippen molar-refractivity contribution < 1.29 is 4.79 Å². The van der Waals surface area contributed by atoms with E-state index >= 15 is 0 Å². The number of nitrogens with one attached hydrogen (secondary N) is 2. The van der Waals surface area contributed by atoms with Crippen LogP contribution in [0.15, 0.2) is 48.7 Å². The van der Waals surface area contributed by atoms with Crippen LogP contribution in [0, 0.1) is 6.92 Å². The van der Waals surface area contributed by atoms with Gasteiger partial charge in [0.25, 0.3) is 5.91 Å². The summed E-state index contributed by atoms with van der Waals surface area (Å²) in [5.41, 5.74) is 3.29. The maximum absolute atomic E-state index is 12.3. The predicted octanol–water partition coefficient (Wildman–Crippen LogP) is 3.12. The number of H-pyrrole nitrogens is 1. The number of aromatic nitrogens is 2. The summed E-state index contributed by atoms with van der Waals surface area (Å²) in [6, 6.07) is 13.3. The molecule has 4 nitrogen and oxygen atoms in total. The molecule has 1 amide bonds. The van der Waals surface area contributed by atoms with Crippen molar-refractivity contribution in [3.63, 3.8) is 0 Å². The van der Waals surface area contributed by atoms with Crippen LogP contribution in [-0.4, -0.2) is 16.1 Å². The number of amides is 1. The first-order valence-electron chi connectivity index (χ1n) is 6.04. The van der Waals surface area contributed by atoms with E-state index in [1.807, 2.05) is 43.3 Å². The molecule has 3 aromatic rings. The Balaban J connectivity index is 1.92. The Morgan fingerprint density at radius 3 is 2.74 bits per heavy atom. The summed E-state index contributed by atoms with van der Waals surface area (Å²) in [6.07, 6.45) is 1.71. The van der Waals surface area contributed by atoms with Gasteiger partial charge in [-0.1, -0.05) is 29.8 Å². The largest absolute Gasteiger partial charge is 0.322 e. The molecule has 0 aliphatic rings. The lowest BCUT2D eigenvalue weighted by Crippen LogP contribution is -2.12. The molecule has 0 atom stereocenters. The molecule has 0 unspecified atom stereocenters. The first-order valence-corrected chi connectivity index (χ1v) is 6.04. The third-order valence-electron chi connectivity index (χ3n) is 3.03. The van der Waals surface area contributed by atoms with Gasteiger partial charge >= 0.3 is 0 Å². The Morgan fingerprint density at radius 1 is 1.16 bits per heavy atom. The summed E-state index contributed by atoms with van der Waals surface area (Å²) < 4.78 is 0. The van der Waals surface area contributed by atoms with E-state index in [4.69, 9.17) is 0 Å². The van der Waals surface area contributed by atoms with Crippen molar-refractivity contribution in [2.75, 3.05) is 5.32 Å². The van der Waals surface area contributed by atoms with E-state index in [9.17, 15) is 4.79 Å². The highest BCUT2D eigenvalue weighted by molar-refractivity contribution is 6.11. The number of carbonyl (C=O) groups is 1. The van der Waals surface area contributed by atoms with Gasteiger partial charge in [0.1, 0.15) is 0 Å². The molecule has 4 heteroatoms. The average molecular weight is 251 g/mol. The van der Waals surface area contributed by atoms with Gasteiger partial charge in [-0.3, -0.25) is 9.89 Å². The number of carbonyl (C=O) groups excluding carboxylic acids is 1. The fourth-order valence-corrected chi connectivity index (χ4v) is 1.99. The summed E-state index contributed by atoms with van der Waals surface area (Å²) in [5, 5.41) is 10.6. The molecule has 0 fully saturated rings. The summed E-state index contributed by atoms with van der Waals surface area (Å²) in [6.45, 7) is 2.01. The van der Waals surface area contributed by atoms with Crippen molar-refractivity contribution in [2.45, 2.75) is 6.92 Å². The molecule has 2 aromatic carbocycles. The van der Waals surface area contributed by atoms with Gasteiger partial charge in [-0.25, -0.2) is 0 Å². The van der Waals surface area contributed by atoms with E-state index < -0.39 is 0 Å². The number of hydrogen-bond donors (Lipinski definition) is 2. The molecule has 0 spiro atoms. The highest BCUT2D eigenvalue weighted by Crippen LogP contribution is 2.17. The van der Waals surface area contributed by atoms with E-state index in [0.717, 1.165) is 22.2 Å². The van der Waals surface area contributed by atoms with Crippen molar-refractivity contribution in [2.24, 2.45) is 0 Å². The van der Waals surface area contributed by atoms with Crippen LogP contribution in [0.2, 0.25) is 0 Å². The summed E-state index contributed by atoms with van der Waals surface area (Å²) in [5.74, 6) is -0.140. The third kappa shape index (κ3) is 2.20. The number of anilines is 1. The van der Waals surface area contributed by atoms with Crippen LogP contribution in [0.1, 0.15) is 15.9 Å².